The number of rotatable bonds is 14. The van der Waals surface area contributed by atoms with Crippen LogP contribution in [0.1, 0.15) is 79.6 Å². The maximum atomic E-state index is 7.02. The Morgan fingerprint density at radius 3 is 1.29 bits per heavy atom. The van der Waals surface area contributed by atoms with Crippen LogP contribution >= 0.6 is 0 Å². The molecule has 0 fully saturated rings. The fourth-order valence-electron chi connectivity index (χ4n) is 10.7. The molecule has 0 saturated heterocycles. The summed E-state index contributed by atoms with van der Waals surface area (Å²) in [7, 11) is 0. The first-order chi connectivity index (χ1) is 32.7. The molecule has 1 nitrogen and oxygen atoms in total. The van der Waals surface area contributed by atoms with Gasteiger partial charge in [-0.15, -0.1) is 0 Å². The summed E-state index contributed by atoms with van der Waals surface area (Å²) in [5.74, 6) is 0.798. The molecule has 0 atom stereocenters. The zero-order chi connectivity index (χ0) is 44.7. The molecule has 0 heterocycles. The van der Waals surface area contributed by atoms with Gasteiger partial charge in [0.1, 0.15) is 5.75 Å². The van der Waals surface area contributed by atoms with E-state index in [1.54, 1.807) is 0 Å². The van der Waals surface area contributed by atoms with E-state index in [-0.39, 0.29) is 5.92 Å². The van der Waals surface area contributed by atoms with Crippen molar-refractivity contribution >= 4 is 10.8 Å². The molecule has 0 radical (unpaired) electrons. The van der Waals surface area contributed by atoms with Gasteiger partial charge < -0.3 is 4.74 Å². The number of benzene rings is 10. The van der Waals surface area contributed by atoms with Crippen molar-refractivity contribution in [2.24, 2.45) is 0 Å². The van der Waals surface area contributed by atoms with Crippen molar-refractivity contribution in [2.75, 3.05) is 6.61 Å². The molecule has 0 unspecified atom stereocenters. The average Bonchev–Trinajstić information content (AvgIpc) is 3.39. The van der Waals surface area contributed by atoms with Crippen LogP contribution in [0.2, 0.25) is 0 Å². The first-order valence-corrected chi connectivity index (χ1v) is 23.3. The minimum Gasteiger partial charge on any atom is -0.493 e. The van der Waals surface area contributed by atoms with Crippen LogP contribution in [0.25, 0.3) is 21.9 Å². The lowest BCUT2D eigenvalue weighted by molar-refractivity contribution is 0.339. The molecule has 320 valence electrons. The maximum absolute atomic E-state index is 7.02. The molecule has 0 amide bonds. The third kappa shape index (κ3) is 7.92. The van der Waals surface area contributed by atoms with Gasteiger partial charge in [0, 0.05) is 17.9 Å². The molecule has 0 N–H and O–H groups in total. The van der Waals surface area contributed by atoms with E-state index in [1.165, 1.54) is 77.5 Å². The topological polar surface area (TPSA) is 9.23 Å². The summed E-state index contributed by atoms with van der Waals surface area (Å²) in [5.41, 5.74) is 16.5. The molecule has 0 bridgehead atoms. The van der Waals surface area contributed by atoms with Crippen molar-refractivity contribution < 1.29 is 4.74 Å². The summed E-state index contributed by atoms with van der Waals surface area (Å²) in [4.78, 5) is 0. The fraction of sp³-hybridized carbons (Fsp3) is 0.108. The first kappa shape index (κ1) is 42.2. The van der Waals surface area contributed by atoms with Gasteiger partial charge in [-0.25, -0.2) is 0 Å². The highest BCUT2D eigenvalue weighted by Gasteiger charge is 2.44. The number of ether oxygens (including phenoxy) is 1. The number of hydrogen-bond acceptors (Lipinski definition) is 1. The van der Waals surface area contributed by atoms with Crippen LogP contribution in [0.5, 0.6) is 5.75 Å². The second-order valence-electron chi connectivity index (χ2n) is 17.3. The van der Waals surface area contributed by atoms with Gasteiger partial charge in [-0.1, -0.05) is 243 Å². The zero-order valence-corrected chi connectivity index (χ0v) is 37.8. The Bertz CT molecular complexity index is 3010. The van der Waals surface area contributed by atoms with E-state index in [0.29, 0.717) is 13.0 Å². The van der Waals surface area contributed by atoms with Crippen LogP contribution in [0, 0.1) is 6.92 Å². The summed E-state index contributed by atoms with van der Waals surface area (Å²) in [6.45, 7) is 5.07. The molecule has 0 aliphatic carbocycles. The molecule has 0 saturated carbocycles. The van der Waals surface area contributed by atoms with Gasteiger partial charge in [-0.05, 0) is 109 Å². The van der Waals surface area contributed by atoms with Gasteiger partial charge in [0.25, 0.3) is 0 Å². The molecule has 1 heteroatoms. The van der Waals surface area contributed by atoms with Crippen LogP contribution in [0.3, 0.4) is 0 Å². The standard InChI is InChI=1S/C65H54O/c1-3-66-64-53(44-48-28-12-4-13-29-48)46-57-47(2)63(65(54-38-22-9-23-39-54,55-40-24-10-25-41-55)56-42-26-11-27-43-56)62(59(50-32-16-6-17-33-50)51-34-18-7-19-35-51)58(45-49-30-14-5-15-31-49)61(57)60(64)52-36-20-8-21-37-52/h4-43,46,59H,3,44-45H2,1-2H3. The molecule has 10 aromatic rings. The lowest BCUT2D eigenvalue weighted by Crippen LogP contribution is -2.34. The summed E-state index contributed by atoms with van der Waals surface area (Å²) < 4.78 is 7.02. The molecule has 0 aromatic heterocycles. The van der Waals surface area contributed by atoms with Crippen LogP contribution < -0.4 is 4.74 Å². The van der Waals surface area contributed by atoms with Crippen molar-refractivity contribution in [2.45, 2.75) is 38.0 Å². The number of aryl methyl sites for hydroxylation is 1. The van der Waals surface area contributed by atoms with Crippen molar-refractivity contribution in [3.8, 4) is 16.9 Å². The first-order valence-electron chi connectivity index (χ1n) is 23.3. The van der Waals surface area contributed by atoms with Gasteiger partial charge in [0.05, 0.1) is 12.0 Å². The minimum absolute atomic E-state index is 0.150. The molecule has 0 spiro atoms. The van der Waals surface area contributed by atoms with Crippen LogP contribution in [-0.2, 0) is 18.3 Å². The van der Waals surface area contributed by atoms with Gasteiger partial charge >= 0.3 is 0 Å². The Hall–Kier alpha value is -7.74. The van der Waals surface area contributed by atoms with E-state index in [9.17, 15) is 0 Å². The molecule has 66 heavy (non-hydrogen) atoms. The third-order valence-corrected chi connectivity index (χ3v) is 13.4. The highest BCUT2D eigenvalue weighted by molar-refractivity contribution is 6.06. The van der Waals surface area contributed by atoms with E-state index in [0.717, 1.165) is 23.3 Å². The van der Waals surface area contributed by atoms with E-state index in [4.69, 9.17) is 4.74 Å². The van der Waals surface area contributed by atoms with E-state index in [1.807, 2.05) is 0 Å². The Morgan fingerprint density at radius 1 is 0.455 bits per heavy atom. The molecule has 0 aliphatic rings. The minimum atomic E-state index is -0.754. The predicted octanol–water partition coefficient (Wildman–Crippen LogP) is 16.0. The van der Waals surface area contributed by atoms with Crippen molar-refractivity contribution in [1.82, 2.24) is 0 Å². The van der Waals surface area contributed by atoms with Crippen LogP contribution in [0.4, 0.5) is 0 Å². The van der Waals surface area contributed by atoms with E-state index >= 15 is 0 Å². The quantitative estimate of drug-likeness (QED) is 0.0991. The summed E-state index contributed by atoms with van der Waals surface area (Å²) in [6.07, 6.45) is 1.43. The van der Waals surface area contributed by atoms with Crippen molar-refractivity contribution in [3.63, 3.8) is 0 Å². The summed E-state index contributed by atoms with van der Waals surface area (Å²) >= 11 is 0. The van der Waals surface area contributed by atoms with Gasteiger partial charge in [-0.2, -0.15) is 0 Å². The molecule has 0 aliphatic heterocycles. The summed E-state index contributed by atoms with van der Waals surface area (Å²) in [6, 6.07) is 91.6. The third-order valence-electron chi connectivity index (χ3n) is 13.4. The monoisotopic (exact) mass is 850 g/mol. The Kier molecular flexibility index (Phi) is 12.3. The molecular weight excluding hydrogens is 797 g/mol. The number of fused-ring (bicyclic) bond motifs is 1. The molecular formula is C65H54O. The lowest BCUT2D eigenvalue weighted by atomic mass is 9.59. The zero-order valence-electron chi connectivity index (χ0n) is 37.8. The predicted molar refractivity (Wildman–Crippen MR) is 276 cm³/mol. The Balaban J connectivity index is 1.52. The van der Waals surface area contributed by atoms with Crippen molar-refractivity contribution in [3.05, 3.63) is 315 Å². The van der Waals surface area contributed by atoms with Gasteiger partial charge in [0.15, 0.2) is 0 Å². The summed E-state index contributed by atoms with van der Waals surface area (Å²) in [5, 5.41) is 2.47. The smallest absolute Gasteiger partial charge is 0.131 e. The largest absolute Gasteiger partial charge is 0.493 e. The SMILES string of the molecule is CCOc1c(Cc2ccccc2)cc2c(C)c(C(c3ccccc3)(c3ccccc3)c3ccccc3)c(C(c3ccccc3)c3ccccc3)c(Cc3ccccc3)c2c1-c1ccccc1. The second kappa shape index (κ2) is 19.2. The normalized spacial score (nSPS) is 11.5. The van der Waals surface area contributed by atoms with E-state index in [2.05, 4.69) is 263 Å². The van der Waals surface area contributed by atoms with Gasteiger partial charge in [0.2, 0.25) is 0 Å². The van der Waals surface area contributed by atoms with E-state index < -0.39 is 5.41 Å². The Morgan fingerprint density at radius 2 is 0.848 bits per heavy atom. The fourth-order valence-corrected chi connectivity index (χ4v) is 10.7. The maximum Gasteiger partial charge on any atom is 0.131 e. The highest BCUT2D eigenvalue weighted by Crippen LogP contribution is 2.56. The van der Waals surface area contributed by atoms with Gasteiger partial charge in [-0.3, -0.25) is 0 Å². The lowest BCUT2D eigenvalue weighted by Gasteiger charge is -2.42. The van der Waals surface area contributed by atoms with Crippen LogP contribution in [0.15, 0.2) is 249 Å². The molecule has 10 aromatic carbocycles. The average molecular weight is 851 g/mol. The highest BCUT2D eigenvalue weighted by atomic mass is 16.5. The van der Waals surface area contributed by atoms with Crippen LogP contribution in [-0.4, -0.2) is 6.61 Å². The second-order valence-corrected chi connectivity index (χ2v) is 17.3. The number of hydrogen-bond donors (Lipinski definition) is 0. The van der Waals surface area contributed by atoms with Crippen molar-refractivity contribution in [1.29, 1.82) is 0 Å². The Labute approximate surface area is 390 Å². The molecule has 10 rings (SSSR count).